The molecule has 4 nitrogen and oxygen atoms in total. The summed E-state index contributed by atoms with van der Waals surface area (Å²) in [6.45, 7) is 3.35. The molecule has 0 radical (unpaired) electrons. The van der Waals surface area contributed by atoms with E-state index in [1.165, 1.54) is 0 Å². The minimum Gasteiger partial charge on any atom is -0.497 e. The lowest BCUT2D eigenvalue weighted by Gasteiger charge is -2.23. The summed E-state index contributed by atoms with van der Waals surface area (Å²) in [5.41, 5.74) is 2.20. The average Bonchev–Trinajstić information content (AvgIpc) is 2.68. The highest BCUT2D eigenvalue weighted by molar-refractivity contribution is 5.76. The molecule has 0 heterocycles. The van der Waals surface area contributed by atoms with Gasteiger partial charge in [0.2, 0.25) is 5.91 Å². The Morgan fingerprint density at radius 3 is 1.65 bits per heavy atom. The van der Waals surface area contributed by atoms with Gasteiger partial charge in [-0.3, -0.25) is 4.79 Å². The maximum atomic E-state index is 12.7. The molecular formula is C22H29NO3. The van der Waals surface area contributed by atoms with Crippen LogP contribution in [0.4, 0.5) is 0 Å². The molecule has 0 bridgehead atoms. The molecule has 0 spiro atoms. The van der Waals surface area contributed by atoms with Crippen LogP contribution in [0.1, 0.15) is 43.7 Å². The zero-order valence-electron chi connectivity index (χ0n) is 16.0. The summed E-state index contributed by atoms with van der Waals surface area (Å²) in [5.74, 6) is 1.85. The molecule has 2 aromatic carbocycles. The fraction of sp³-hybridized carbons (Fsp3) is 0.409. The van der Waals surface area contributed by atoms with Crippen LogP contribution in [0.15, 0.2) is 48.5 Å². The molecule has 0 aliphatic heterocycles. The zero-order chi connectivity index (χ0) is 18.8. The first-order valence-corrected chi connectivity index (χ1v) is 9.20. The fourth-order valence-corrected chi connectivity index (χ4v) is 2.82. The summed E-state index contributed by atoms with van der Waals surface area (Å²) in [5, 5.41) is 0. The first-order chi connectivity index (χ1) is 12.7. The molecule has 0 aliphatic carbocycles. The number of carbonyl (C=O) groups is 1. The van der Waals surface area contributed by atoms with Gasteiger partial charge in [0.05, 0.1) is 14.2 Å². The second kappa shape index (κ2) is 10.5. The number of nitrogens with zero attached hydrogens (tertiary/aromatic N) is 1. The van der Waals surface area contributed by atoms with Gasteiger partial charge in [0.15, 0.2) is 0 Å². The molecular weight excluding hydrogens is 326 g/mol. The van der Waals surface area contributed by atoms with Gasteiger partial charge in [-0.25, -0.2) is 0 Å². The van der Waals surface area contributed by atoms with E-state index in [9.17, 15) is 4.79 Å². The van der Waals surface area contributed by atoms with Gasteiger partial charge in [0.1, 0.15) is 11.5 Å². The third-order valence-corrected chi connectivity index (χ3v) is 4.41. The summed E-state index contributed by atoms with van der Waals surface area (Å²) >= 11 is 0. The van der Waals surface area contributed by atoms with E-state index in [1.54, 1.807) is 14.2 Å². The van der Waals surface area contributed by atoms with Crippen molar-refractivity contribution in [2.24, 2.45) is 0 Å². The standard InChI is InChI=1S/C22H29NO3/c1-4-5-6-7-22(24)23(16-18-8-12-20(25-2)13-9-18)17-19-10-14-21(26-3)15-11-19/h8-15H,4-7,16-17H2,1-3H3. The van der Waals surface area contributed by atoms with Crippen LogP contribution in [0.25, 0.3) is 0 Å². The normalized spacial score (nSPS) is 10.4. The van der Waals surface area contributed by atoms with Gasteiger partial charge in [0, 0.05) is 19.5 Å². The van der Waals surface area contributed by atoms with Gasteiger partial charge in [0.25, 0.3) is 0 Å². The van der Waals surface area contributed by atoms with Crippen molar-refractivity contribution in [2.45, 2.75) is 45.7 Å². The number of carbonyl (C=O) groups excluding carboxylic acids is 1. The number of amides is 1. The molecule has 0 aromatic heterocycles. The van der Waals surface area contributed by atoms with Crippen LogP contribution in [0.5, 0.6) is 11.5 Å². The van der Waals surface area contributed by atoms with Crippen LogP contribution in [0.3, 0.4) is 0 Å². The third kappa shape index (κ3) is 6.10. The third-order valence-electron chi connectivity index (χ3n) is 4.41. The van der Waals surface area contributed by atoms with Crippen LogP contribution >= 0.6 is 0 Å². The van der Waals surface area contributed by atoms with E-state index >= 15 is 0 Å². The lowest BCUT2D eigenvalue weighted by atomic mass is 10.1. The average molecular weight is 355 g/mol. The van der Waals surface area contributed by atoms with Gasteiger partial charge in [-0.15, -0.1) is 0 Å². The van der Waals surface area contributed by atoms with Crippen molar-refractivity contribution in [1.29, 1.82) is 0 Å². The van der Waals surface area contributed by atoms with Crippen molar-refractivity contribution in [3.8, 4) is 11.5 Å². The van der Waals surface area contributed by atoms with Crippen molar-refractivity contribution in [2.75, 3.05) is 14.2 Å². The largest absolute Gasteiger partial charge is 0.497 e. The smallest absolute Gasteiger partial charge is 0.223 e. The number of methoxy groups -OCH3 is 2. The van der Waals surface area contributed by atoms with Crippen molar-refractivity contribution in [1.82, 2.24) is 4.90 Å². The highest BCUT2D eigenvalue weighted by Gasteiger charge is 2.14. The van der Waals surface area contributed by atoms with Gasteiger partial charge >= 0.3 is 0 Å². The Morgan fingerprint density at radius 2 is 1.27 bits per heavy atom. The second-order valence-electron chi connectivity index (χ2n) is 6.40. The van der Waals surface area contributed by atoms with Gasteiger partial charge in [-0.05, 0) is 41.8 Å². The lowest BCUT2D eigenvalue weighted by molar-refractivity contribution is -0.132. The predicted molar refractivity (Wildman–Crippen MR) is 104 cm³/mol. The Hall–Kier alpha value is -2.49. The van der Waals surface area contributed by atoms with Crippen molar-refractivity contribution < 1.29 is 14.3 Å². The Morgan fingerprint density at radius 1 is 0.808 bits per heavy atom. The molecule has 140 valence electrons. The van der Waals surface area contributed by atoms with Crippen molar-refractivity contribution in [3.63, 3.8) is 0 Å². The van der Waals surface area contributed by atoms with Gasteiger partial charge < -0.3 is 14.4 Å². The Kier molecular flexibility index (Phi) is 8.00. The molecule has 0 saturated carbocycles. The monoisotopic (exact) mass is 355 g/mol. The molecule has 0 fully saturated rings. The lowest BCUT2D eigenvalue weighted by Crippen LogP contribution is -2.29. The van der Waals surface area contributed by atoms with Crippen molar-refractivity contribution >= 4 is 5.91 Å². The van der Waals surface area contributed by atoms with Crippen LogP contribution in [0, 0.1) is 0 Å². The zero-order valence-corrected chi connectivity index (χ0v) is 16.0. The number of ether oxygens (including phenoxy) is 2. The summed E-state index contributed by atoms with van der Waals surface area (Å²) in [6.07, 6.45) is 3.74. The topological polar surface area (TPSA) is 38.8 Å². The van der Waals surface area contributed by atoms with E-state index in [4.69, 9.17) is 9.47 Å². The molecule has 0 saturated heterocycles. The molecule has 4 heteroatoms. The van der Waals surface area contributed by atoms with E-state index < -0.39 is 0 Å². The first kappa shape index (κ1) is 19.8. The predicted octanol–water partition coefficient (Wildman–Crippen LogP) is 4.81. The molecule has 0 atom stereocenters. The molecule has 1 amide bonds. The summed E-state index contributed by atoms with van der Waals surface area (Å²) < 4.78 is 10.4. The van der Waals surface area contributed by atoms with Crippen LogP contribution < -0.4 is 9.47 Å². The SMILES string of the molecule is CCCCCC(=O)N(Cc1ccc(OC)cc1)Cc1ccc(OC)cc1. The number of hydrogen-bond acceptors (Lipinski definition) is 3. The molecule has 0 N–H and O–H groups in total. The molecule has 2 rings (SSSR count). The number of unbranched alkanes of at least 4 members (excludes halogenated alkanes) is 2. The summed E-state index contributed by atoms with van der Waals surface area (Å²) in [7, 11) is 3.31. The van der Waals surface area contributed by atoms with Gasteiger partial charge in [-0.1, -0.05) is 44.0 Å². The first-order valence-electron chi connectivity index (χ1n) is 9.20. The molecule has 0 unspecified atom stereocenters. The Labute approximate surface area is 156 Å². The van der Waals surface area contributed by atoms with Crippen molar-refractivity contribution in [3.05, 3.63) is 59.7 Å². The van der Waals surface area contributed by atoms with E-state index in [1.807, 2.05) is 53.4 Å². The van der Waals surface area contributed by atoms with Crippen LogP contribution in [-0.4, -0.2) is 25.0 Å². The fourth-order valence-electron chi connectivity index (χ4n) is 2.82. The minimum atomic E-state index is 0.199. The molecule has 2 aromatic rings. The number of benzene rings is 2. The van der Waals surface area contributed by atoms with Crippen LogP contribution in [-0.2, 0) is 17.9 Å². The highest BCUT2D eigenvalue weighted by Crippen LogP contribution is 2.18. The molecule has 0 aliphatic rings. The quantitative estimate of drug-likeness (QED) is 0.574. The van der Waals surface area contributed by atoms with Gasteiger partial charge in [-0.2, -0.15) is 0 Å². The Balaban J connectivity index is 2.09. The maximum absolute atomic E-state index is 12.7. The summed E-state index contributed by atoms with van der Waals surface area (Å²) in [4.78, 5) is 14.7. The minimum absolute atomic E-state index is 0.199. The Bertz CT molecular complexity index is 615. The number of hydrogen-bond donors (Lipinski definition) is 0. The summed E-state index contributed by atoms with van der Waals surface area (Å²) in [6, 6.07) is 15.8. The second-order valence-corrected chi connectivity index (χ2v) is 6.40. The number of rotatable bonds is 10. The van der Waals surface area contributed by atoms with E-state index in [0.29, 0.717) is 19.5 Å². The van der Waals surface area contributed by atoms with Crippen LogP contribution in [0.2, 0.25) is 0 Å². The van der Waals surface area contributed by atoms with E-state index in [0.717, 1.165) is 41.9 Å². The highest BCUT2D eigenvalue weighted by atomic mass is 16.5. The van der Waals surface area contributed by atoms with E-state index in [-0.39, 0.29) is 5.91 Å². The maximum Gasteiger partial charge on any atom is 0.223 e. The van der Waals surface area contributed by atoms with E-state index in [2.05, 4.69) is 6.92 Å². The molecule has 26 heavy (non-hydrogen) atoms.